The monoisotopic (exact) mass is 578 g/mol. The number of benzene rings is 6. The lowest BCUT2D eigenvalue weighted by Gasteiger charge is -2.22. The van der Waals surface area contributed by atoms with Gasteiger partial charge in [-0.2, -0.15) is 0 Å². The van der Waals surface area contributed by atoms with Gasteiger partial charge in [0.1, 0.15) is 0 Å². The molecule has 6 aromatic carbocycles. The number of fused-ring (bicyclic) bond motifs is 6. The second-order valence-corrected chi connectivity index (χ2v) is 12.4. The minimum absolute atomic E-state index is 0.104. The molecule has 1 aliphatic carbocycles. The fourth-order valence-electron chi connectivity index (χ4n) is 7.28. The van der Waals surface area contributed by atoms with Crippen molar-refractivity contribution in [3.05, 3.63) is 157 Å². The molecule has 1 aliphatic rings. The highest BCUT2D eigenvalue weighted by atomic mass is 15.3. The van der Waals surface area contributed by atoms with E-state index in [0.29, 0.717) is 0 Å². The Morgan fingerprint density at radius 3 is 1.67 bits per heavy atom. The van der Waals surface area contributed by atoms with E-state index in [2.05, 4.69) is 163 Å². The molecule has 0 spiro atoms. The normalized spacial score (nSPS) is 13.3. The Hall–Kier alpha value is -5.74. The first kappa shape index (κ1) is 25.7. The lowest BCUT2D eigenvalue weighted by Crippen LogP contribution is -2.15. The standard InChI is InChI=1S/C41H30N4/c1-41(2)35-17-9-6-14-31(35)32-25-24-30(26-36(32)41)45-39(27-12-4-3-5-13-27)42-43-40(45)28-20-22-29(23-21-28)44-37-18-10-7-15-33(37)34-16-8-11-19-38(34)44/h3-26H,1-2H3. The first-order valence-corrected chi connectivity index (χ1v) is 15.4. The fraction of sp³-hybridized carbons (Fsp3) is 0.0732. The number of hydrogen-bond acceptors (Lipinski definition) is 2. The zero-order valence-electron chi connectivity index (χ0n) is 25.1. The Bertz CT molecular complexity index is 2340. The third-order valence-corrected chi connectivity index (χ3v) is 9.48. The van der Waals surface area contributed by atoms with E-state index in [4.69, 9.17) is 10.2 Å². The minimum Gasteiger partial charge on any atom is -0.309 e. The molecule has 9 rings (SSSR count). The average Bonchev–Trinajstić information content (AvgIpc) is 3.75. The van der Waals surface area contributed by atoms with Gasteiger partial charge in [0.2, 0.25) is 0 Å². The van der Waals surface area contributed by atoms with Crippen LogP contribution in [0.3, 0.4) is 0 Å². The van der Waals surface area contributed by atoms with E-state index in [-0.39, 0.29) is 5.41 Å². The Balaban J connectivity index is 1.21. The van der Waals surface area contributed by atoms with Gasteiger partial charge < -0.3 is 4.57 Å². The first-order chi connectivity index (χ1) is 22.1. The van der Waals surface area contributed by atoms with Gasteiger partial charge in [0.15, 0.2) is 11.6 Å². The third-order valence-electron chi connectivity index (χ3n) is 9.48. The Labute approximate surface area is 261 Å². The summed E-state index contributed by atoms with van der Waals surface area (Å²) in [6.07, 6.45) is 0. The van der Waals surface area contributed by atoms with Gasteiger partial charge in [-0.05, 0) is 70.8 Å². The van der Waals surface area contributed by atoms with E-state index in [9.17, 15) is 0 Å². The van der Waals surface area contributed by atoms with E-state index >= 15 is 0 Å². The van der Waals surface area contributed by atoms with E-state index < -0.39 is 0 Å². The van der Waals surface area contributed by atoms with Crippen molar-refractivity contribution in [3.8, 4) is 45.3 Å². The number of nitrogens with zero attached hydrogens (tertiary/aromatic N) is 4. The summed E-state index contributed by atoms with van der Waals surface area (Å²) >= 11 is 0. The zero-order valence-corrected chi connectivity index (χ0v) is 25.1. The summed E-state index contributed by atoms with van der Waals surface area (Å²) in [6, 6.07) is 51.9. The lowest BCUT2D eigenvalue weighted by atomic mass is 9.82. The van der Waals surface area contributed by atoms with Gasteiger partial charge >= 0.3 is 0 Å². The van der Waals surface area contributed by atoms with Gasteiger partial charge in [0.05, 0.1) is 11.0 Å². The van der Waals surface area contributed by atoms with Crippen LogP contribution >= 0.6 is 0 Å². The summed E-state index contributed by atoms with van der Waals surface area (Å²) < 4.78 is 4.55. The summed E-state index contributed by atoms with van der Waals surface area (Å²) in [5.74, 6) is 1.64. The van der Waals surface area contributed by atoms with Crippen LogP contribution in [0.2, 0.25) is 0 Å². The number of hydrogen-bond donors (Lipinski definition) is 0. The Kier molecular flexibility index (Phi) is 5.51. The topological polar surface area (TPSA) is 35.6 Å². The second-order valence-electron chi connectivity index (χ2n) is 12.4. The van der Waals surface area contributed by atoms with Crippen LogP contribution in [0.4, 0.5) is 0 Å². The molecule has 8 aromatic rings. The quantitative estimate of drug-likeness (QED) is 0.208. The Morgan fingerprint density at radius 2 is 0.978 bits per heavy atom. The van der Waals surface area contributed by atoms with Gasteiger partial charge in [-0.3, -0.25) is 4.57 Å². The van der Waals surface area contributed by atoms with Crippen LogP contribution in [0.5, 0.6) is 0 Å². The highest BCUT2D eigenvalue weighted by Gasteiger charge is 2.35. The molecule has 0 bridgehead atoms. The van der Waals surface area contributed by atoms with Gasteiger partial charge in [0.25, 0.3) is 0 Å². The molecule has 0 amide bonds. The van der Waals surface area contributed by atoms with Gasteiger partial charge in [-0.25, -0.2) is 0 Å². The molecule has 0 saturated carbocycles. The number of para-hydroxylation sites is 2. The smallest absolute Gasteiger partial charge is 0.168 e. The van der Waals surface area contributed by atoms with Crippen molar-refractivity contribution in [2.24, 2.45) is 0 Å². The SMILES string of the molecule is CC1(C)c2ccccc2-c2ccc(-n3c(-c4ccccc4)nnc3-c3ccc(-n4c5ccccc5c5ccccc54)cc3)cc21. The highest BCUT2D eigenvalue weighted by Crippen LogP contribution is 2.49. The van der Waals surface area contributed by atoms with Crippen LogP contribution in [0.15, 0.2) is 146 Å². The first-order valence-electron chi connectivity index (χ1n) is 15.4. The number of aromatic nitrogens is 4. The van der Waals surface area contributed by atoms with Crippen molar-refractivity contribution in [3.63, 3.8) is 0 Å². The predicted octanol–water partition coefficient (Wildman–Crippen LogP) is 10.0. The molecule has 214 valence electrons. The molecular weight excluding hydrogens is 548 g/mol. The third kappa shape index (κ3) is 3.79. The van der Waals surface area contributed by atoms with Crippen molar-refractivity contribution in [2.75, 3.05) is 0 Å². The number of rotatable bonds is 4. The fourth-order valence-corrected chi connectivity index (χ4v) is 7.28. The molecular formula is C41H30N4. The maximum absolute atomic E-state index is 4.81. The maximum Gasteiger partial charge on any atom is 0.168 e. The van der Waals surface area contributed by atoms with Crippen molar-refractivity contribution in [1.29, 1.82) is 0 Å². The van der Waals surface area contributed by atoms with Crippen LogP contribution in [0.25, 0.3) is 67.1 Å². The van der Waals surface area contributed by atoms with Crippen molar-refractivity contribution in [2.45, 2.75) is 19.3 Å². The van der Waals surface area contributed by atoms with Gasteiger partial charge in [0, 0.05) is 38.7 Å². The molecule has 0 fully saturated rings. The summed E-state index contributed by atoms with van der Waals surface area (Å²) in [7, 11) is 0. The molecule has 2 heterocycles. The molecule has 0 N–H and O–H groups in total. The Morgan fingerprint density at radius 1 is 0.444 bits per heavy atom. The molecule has 0 saturated heterocycles. The van der Waals surface area contributed by atoms with E-state index in [1.807, 2.05) is 6.07 Å². The summed E-state index contributed by atoms with van der Waals surface area (Å²) in [4.78, 5) is 0. The summed E-state index contributed by atoms with van der Waals surface area (Å²) in [6.45, 7) is 4.64. The second kappa shape index (κ2) is 9.63. The van der Waals surface area contributed by atoms with Crippen LogP contribution < -0.4 is 0 Å². The molecule has 0 atom stereocenters. The lowest BCUT2D eigenvalue weighted by molar-refractivity contribution is 0.660. The molecule has 4 heteroatoms. The zero-order chi connectivity index (χ0) is 30.1. The van der Waals surface area contributed by atoms with Gasteiger partial charge in [-0.1, -0.05) is 111 Å². The predicted molar refractivity (Wildman–Crippen MR) is 184 cm³/mol. The van der Waals surface area contributed by atoms with Crippen molar-refractivity contribution >= 4 is 21.8 Å². The van der Waals surface area contributed by atoms with Crippen LogP contribution in [0, 0.1) is 0 Å². The molecule has 0 radical (unpaired) electrons. The highest BCUT2D eigenvalue weighted by molar-refractivity contribution is 6.09. The minimum atomic E-state index is -0.104. The molecule has 0 aliphatic heterocycles. The van der Waals surface area contributed by atoms with Crippen LogP contribution in [-0.4, -0.2) is 19.3 Å². The molecule has 0 unspecified atom stereocenters. The maximum atomic E-state index is 4.81. The van der Waals surface area contributed by atoms with Crippen molar-refractivity contribution in [1.82, 2.24) is 19.3 Å². The molecule has 45 heavy (non-hydrogen) atoms. The summed E-state index contributed by atoms with van der Waals surface area (Å²) in [5, 5.41) is 12.1. The van der Waals surface area contributed by atoms with E-state index in [0.717, 1.165) is 34.2 Å². The largest absolute Gasteiger partial charge is 0.309 e. The summed E-state index contributed by atoms with van der Waals surface area (Å²) in [5.41, 5.74) is 11.8. The van der Waals surface area contributed by atoms with E-state index in [1.165, 1.54) is 44.1 Å². The van der Waals surface area contributed by atoms with Crippen molar-refractivity contribution < 1.29 is 0 Å². The van der Waals surface area contributed by atoms with Gasteiger partial charge in [-0.15, -0.1) is 10.2 Å². The molecule has 2 aromatic heterocycles. The van der Waals surface area contributed by atoms with Crippen LogP contribution in [-0.2, 0) is 5.41 Å². The van der Waals surface area contributed by atoms with E-state index in [1.54, 1.807) is 0 Å². The molecule has 4 nitrogen and oxygen atoms in total. The van der Waals surface area contributed by atoms with Crippen LogP contribution in [0.1, 0.15) is 25.0 Å². The average molecular weight is 579 g/mol.